The minimum absolute atomic E-state index is 0.136. The third-order valence-electron chi connectivity index (χ3n) is 10.4. The minimum Gasteiger partial charge on any atom is -0.477 e. The summed E-state index contributed by atoms with van der Waals surface area (Å²) in [5.41, 5.74) is 0.624. The first kappa shape index (κ1) is 32.6. The fourth-order valence-electron chi connectivity index (χ4n) is 7.80. The standard InChI is InChI=1S/C32H38ClN7O7S/c1-30(2)18-20(19-39(30)29(42)43)46-17-14-34-23-4-3-5-26(35-23)48(44,45)38-28(41)21-6-7-24(36-27(21)33)40-15-8-25(37-40)47-16-9-22-31(10-11-31)32(22)12-13-32/h3-8,15,20,22H,9-14,16-19H2,1-2H3,(H,34,35)(H,38,41)(H,42,43). The summed E-state index contributed by atoms with van der Waals surface area (Å²) in [6, 6.07) is 8.96. The van der Waals surface area contributed by atoms with Gasteiger partial charge < -0.3 is 24.8 Å². The summed E-state index contributed by atoms with van der Waals surface area (Å²) in [6.07, 6.45) is 7.54. The number of fused-ring (bicyclic) bond motifs is 1. The zero-order chi connectivity index (χ0) is 33.9. The number of hydrogen-bond donors (Lipinski definition) is 3. The summed E-state index contributed by atoms with van der Waals surface area (Å²) >= 11 is 6.32. The van der Waals surface area contributed by atoms with Crippen LogP contribution in [0.1, 0.15) is 62.7 Å². The zero-order valence-corrected chi connectivity index (χ0v) is 28.3. The van der Waals surface area contributed by atoms with Gasteiger partial charge in [-0.15, -0.1) is 5.10 Å². The van der Waals surface area contributed by atoms with Gasteiger partial charge in [0.1, 0.15) is 11.0 Å². The van der Waals surface area contributed by atoms with E-state index in [0.717, 1.165) is 12.3 Å². The lowest BCUT2D eigenvalue weighted by Crippen LogP contribution is -2.41. The number of rotatable bonds is 13. The Kier molecular flexibility index (Phi) is 8.07. The Hall–Kier alpha value is -3.95. The first-order valence-electron chi connectivity index (χ1n) is 16.1. The van der Waals surface area contributed by atoms with Crippen molar-refractivity contribution < 1.29 is 32.6 Å². The van der Waals surface area contributed by atoms with Crippen LogP contribution in [0.5, 0.6) is 5.88 Å². The van der Waals surface area contributed by atoms with E-state index in [-0.39, 0.29) is 40.8 Å². The highest BCUT2D eigenvalue weighted by molar-refractivity contribution is 7.90. The predicted molar refractivity (Wildman–Crippen MR) is 174 cm³/mol. The molecule has 16 heteroatoms. The van der Waals surface area contributed by atoms with Gasteiger partial charge in [-0.05, 0) is 93.4 Å². The van der Waals surface area contributed by atoms with Crippen molar-refractivity contribution in [3.63, 3.8) is 0 Å². The van der Waals surface area contributed by atoms with Crippen LogP contribution in [-0.2, 0) is 14.8 Å². The van der Waals surface area contributed by atoms with E-state index < -0.39 is 27.6 Å². The van der Waals surface area contributed by atoms with Crippen LogP contribution in [0.2, 0.25) is 5.15 Å². The molecule has 2 amide bonds. The van der Waals surface area contributed by atoms with Gasteiger partial charge in [0, 0.05) is 24.3 Å². The molecule has 3 N–H and O–H groups in total. The van der Waals surface area contributed by atoms with Crippen LogP contribution >= 0.6 is 11.6 Å². The first-order valence-corrected chi connectivity index (χ1v) is 18.0. The second-order valence-corrected chi connectivity index (χ2v) is 15.7. The summed E-state index contributed by atoms with van der Waals surface area (Å²) in [7, 11) is -4.36. The Morgan fingerprint density at radius 1 is 1.06 bits per heavy atom. The fraction of sp³-hybridized carbons (Fsp3) is 0.531. The molecule has 48 heavy (non-hydrogen) atoms. The molecule has 4 fully saturated rings. The van der Waals surface area contributed by atoms with Crippen molar-refractivity contribution in [3.05, 3.63) is 53.3 Å². The van der Waals surface area contributed by atoms with Crippen LogP contribution in [0.15, 0.2) is 47.6 Å². The third kappa shape index (κ3) is 6.07. The normalized spacial score (nSPS) is 21.3. The largest absolute Gasteiger partial charge is 0.477 e. The third-order valence-corrected chi connectivity index (χ3v) is 11.9. The molecule has 0 aromatic carbocycles. The molecule has 4 aliphatic rings. The minimum atomic E-state index is -4.36. The monoisotopic (exact) mass is 699 g/mol. The van der Waals surface area contributed by atoms with Crippen LogP contribution in [0, 0.1) is 16.7 Å². The van der Waals surface area contributed by atoms with Gasteiger partial charge in [-0.2, -0.15) is 8.42 Å². The molecule has 2 spiro atoms. The molecule has 1 unspecified atom stereocenters. The van der Waals surface area contributed by atoms with E-state index in [9.17, 15) is 23.1 Å². The lowest BCUT2D eigenvalue weighted by atomic mass is 10.0. The van der Waals surface area contributed by atoms with Crippen LogP contribution in [0.25, 0.3) is 5.82 Å². The van der Waals surface area contributed by atoms with Gasteiger partial charge in [-0.1, -0.05) is 17.7 Å². The summed E-state index contributed by atoms with van der Waals surface area (Å²) in [5, 5.41) is 16.2. The molecule has 1 atom stereocenters. The molecular formula is C32H38ClN7O7S. The quantitative estimate of drug-likeness (QED) is 0.171. The number of aromatic nitrogens is 4. The lowest BCUT2D eigenvalue weighted by molar-refractivity contribution is 0.0655. The van der Waals surface area contributed by atoms with E-state index in [0.29, 0.717) is 42.1 Å². The number of amides is 2. The first-order chi connectivity index (χ1) is 22.8. The topological polar surface area (TPSA) is 178 Å². The average Bonchev–Trinajstić information content (AvgIpc) is 3.98. The van der Waals surface area contributed by atoms with E-state index in [2.05, 4.69) is 20.4 Å². The Labute approximate surface area is 283 Å². The summed E-state index contributed by atoms with van der Waals surface area (Å²) < 4.78 is 41.3. The second-order valence-electron chi connectivity index (χ2n) is 13.7. The number of halogens is 1. The molecule has 3 aromatic heterocycles. The SMILES string of the molecule is CC1(C)CC(OCCNc2cccc(S(=O)(=O)NC(=O)c3ccc(-n4ccc(OCCC5C6(CC6)C56CC6)n4)nc3Cl)n2)CN1C(=O)O. The molecule has 0 bridgehead atoms. The second kappa shape index (κ2) is 11.9. The van der Waals surface area contributed by atoms with Gasteiger partial charge in [0.2, 0.25) is 5.88 Å². The number of pyridine rings is 2. The van der Waals surface area contributed by atoms with Gasteiger partial charge >= 0.3 is 6.09 Å². The maximum absolute atomic E-state index is 13.0. The number of carbonyl (C=O) groups is 2. The van der Waals surface area contributed by atoms with E-state index in [1.165, 1.54) is 59.5 Å². The number of nitrogens with one attached hydrogen (secondary N) is 2. The Morgan fingerprint density at radius 3 is 2.48 bits per heavy atom. The van der Waals surface area contributed by atoms with Crippen LogP contribution in [0.4, 0.5) is 10.6 Å². The number of sulfonamides is 1. The van der Waals surface area contributed by atoms with Crippen molar-refractivity contribution in [2.75, 3.05) is 31.6 Å². The summed E-state index contributed by atoms with van der Waals surface area (Å²) in [6.45, 7) is 5.14. The highest BCUT2D eigenvalue weighted by atomic mass is 35.5. The smallest absolute Gasteiger partial charge is 0.407 e. The van der Waals surface area contributed by atoms with E-state index in [1.54, 1.807) is 18.3 Å². The molecule has 7 rings (SSSR count). The number of anilines is 1. The van der Waals surface area contributed by atoms with Gasteiger partial charge in [-0.3, -0.25) is 4.79 Å². The number of carbonyl (C=O) groups excluding carboxylic acids is 1. The molecule has 0 radical (unpaired) electrons. The van der Waals surface area contributed by atoms with Crippen LogP contribution < -0.4 is 14.8 Å². The van der Waals surface area contributed by atoms with Gasteiger partial charge in [0.25, 0.3) is 15.9 Å². The number of carboxylic acid groups (broad SMARTS) is 1. The van der Waals surface area contributed by atoms with Crippen molar-refractivity contribution in [1.29, 1.82) is 0 Å². The van der Waals surface area contributed by atoms with Crippen LogP contribution in [0.3, 0.4) is 0 Å². The Balaban J connectivity index is 0.900. The fourth-order valence-corrected chi connectivity index (χ4v) is 8.97. The predicted octanol–water partition coefficient (Wildman–Crippen LogP) is 4.35. The summed E-state index contributed by atoms with van der Waals surface area (Å²) in [4.78, 5) is 34.1. The van der Waals surface area contributed by atoms with Crippen molar-refractivity contribution in [1.82, 2.24) is 29.4 Å². The maximum Gasteiger partial charge on any atom is 0.407 e. The average molecular weight is 700 g/mol. The number of hydrogen-bond acceptors (Lipinski definition) is 10. The molecule has 3 aliphatic carbocycles. The Bertz CT molecular complexity index is 1840. The van der Waals surface area contributed by atoms with E-state index in [1.807, 2.05) is 18.6 Å². The van der Waals surface area contributed by atoms with Gasteiger partial charge in [0.15, 0.2) is 10.8 Å². The highest BCUT2D eigenvalue weighted by Crippen LogP contribution is 2.93. The summed E-state index contributed by atoms with van der Waals surface area (Å²) in [5.74, 6) is 0.894. The highest BCUT2D eigenvalue weighted by Gasteiger charge is 2.85. The van der Waals surface area contributed by atoms with Crippen molar-refractivity contribution in [2.24, 2.45) is 16.7 Å². The van der Waals surface area contributed by atoms with Gasteiger partial charge in [0.05, 0.1) is 31.4 Å². The molecule has 4 heterocycles. The van der Waals surface area contributed by atoms with E-state index in [4.69, 9.17) is 21.1 Å². The number of likely N-dealkylation sites (tertiary alicyclic amines) is 1. The van der Waals surface area contributed by atoms with Crippen molar-refractivity contribution in [2.45, 2.75) is 69.0 Å². The maximum atomic E-state index is 13.0. The Morgan fingerprint density at radius 2 is 1.81 bits per heavy atom. The molecule has 3 aromatic rings. The number of nitrogens with zero attached hydrogens (tertiary/aromatic N) is 5. The van der Waals surface area contributed by atoms with Crippen LogP contribution in [-0.4, -0.2) is 88.1 Å². The zero-order valence-electron chi connectivity index (χ0n) is 26.7. The van der Waals surface area contributed by atoms with Crippen molar-refractivity contribution >= 4 is 39.4 Å². The molecular weight excluding hydrogens is 662 g/mol. The number of ether oxygens (including phenoxy) is 2. The molecule has 256 valence electrons. The lowest BCUT2D eigenvalue weighted by Gasteiger charge is -2.27. The molecule has 1 aliphatic heterocycles. The van der Waals surface area contributed by atoms with Gasteiger partial charge in [-0.25, -0.2) is 24.2 Å². The molecule has 3 saturated carbocycles. The molecule has 1 saturated heterocycles. The molecule has 14 nitrogen and oxygen atoms in total. The van der Waals surface area contributed by atoms with E-state index >= 15 is 0 Å². The van der Waals surface area contributed by atoms with Crippen molar-refractivity contribution in [3.8, 4) is 11.7 Å².